The lowest BCUT2D eigenvalue weighted by atomic mass is 10.1. The van der Waals surface area contributed by atoms with Crippen LogP contribution in [0.3, 0.4) is 0 Å². The van der Waals surface area contributed by atoms with E-state index >= 15 is 0 Å². The van der Waals surface area contributed by atoms with Crippen LogP contribution in [-0.2, 0) is 12.8 Å². The highest BCUT2D eigenvalue weighted by molar-refractivity contribution is 5.24. The summed E-state index contributed by atoms with van der Waals surface area (Å²) in [6.07, 6.45) is 5.63. The van der Waals surface area contributed by atoms with E-state index in [-0.39, 0.29) is 0 Å². The second-order valence-electron chi connectivity index (χ2n) is 4.85. The van der Waals surface area contributed by atoms with Gasteiger partial charge in [-0.3, -0.25) is 0 Å². The molecule has 1 aromatic rings. The van der Waals surface area contributed by atoms with Crippen LogP contribution in [0.25, 0.3) is 0 Å². The van der Waals surface area contributed by atoms with E-state index in [2.05, 4.69) is 43.0 Å². The van der Waals surface area contributed by atoms with Gasteiger partial charge in [-0.2, -0.15) is 0 Å². The van der Waals surface area contributed by atoms with Crippen LogP contribution in [0.15, 0.2) is 0 Å². The maximum Gasteiger partial charge on any atom is 0.128 e. The molecule has 1 rings (SSSR count). The number of nitrogens with zero attached hydrogens (tertiary/aromatic N) is 2. The van der Waals surface area contributed by atoms with Gasteiger partial charge in [-0.25, -0.2) is 9.97 Å². The lowest BCUT2D eigenvalue weighted by molar-refractivity contribution is 0.664. The minimum absolute atomic E-state index is 1.01. The van der Waals surface area contributed by atoms with E-state index in [9.17, 15) is 0 Å². The van der Waals surface area contributed by atoms with Crippen LogP contribution in [0.2, 0.25) is 0 Å². The average Bonchev–Trinajstić information content (AvgIpc) is 2.34. The number of aryl methyl sites for hydroxylation is 3. The highest BCUT2D eigenvalue weighted by Gasteiger charge is 2.07. The molecule has 0 aliphatic heterocycles. The molecule has 0 bridgehead atoms. The summed E-state index contributed by atoms with van der Waals surface area (Å²) in [6.45, 7) is 10.7. The molecule has 0 saturated carbocycles. The third-order valence-electron chi connectivity index (χ3n) is 3.25. The van der Waals surface area contributed by atoms with Gasteiger partial charge in [0.15, 0.2) is 0 Å². The summed E-state index contributed by atoms with van der Waals surface area (Å²) >= 11 is 0. The molecule has 0 spiro atoms. The molecule has 3 heteroatoms. The summed E-state index contributed by atoms with van der Waals surface area (Å²) in [5.41, 5.74) is 3.68. The van der Waals surface area contributed by atoms with Crippen molar-refractivity contribution in [1.82, 2.24) is 15.3 Å². The summed E-state index contributed by atoms with van der Waals surface area (Å²) < 4.78 is 0. The Bertz CT molecular complexity index is 338. The van der Waals surface area contributed by atoms with Crippen molar-refractivity contribution in [1.29, 1.82) is 0 Å². The Hall–Kier alpha value is -0.960. The van der Waals surface area contributed by atoms with Crippen LogP contribution in [0.1, 0.15) is 55.9 Å². The van der Waals surface area contributed by atoms with Crippen molar-refractivity contribution in [2.24, 2.45) is 0 Å². The molecular formula is C15H27N3. The molecule has 0 aliphatic carbocycles. The summed E-state index contributed by atoms with van der Waals surface area (Å²) in [4.78, 5) is 9.28. The molecule has 1 heterocycles. The topological polar surface area (TPSA) is 37.8 Å². The average molecular weight is 249 g/mol. The summed E-state index contributed by atoms with van der Waals surface area (Å²) in [5.74, 6) is 1.02. The van der Waals surface area contributed by atoms with Crippen molar-refractivity contribution >= 4 is 0 Å². The van der Waals surface area contributed by atoms with Gasteiger partial charge in [0.25, 0.3) is 0 Å². The quantitative estimate of drug-likeness (QED) is 0.720. The SMILES string of the molecule is CCCCc1nc(C)c(CCCNCC)c(C)n1. The van der Waals surface area contributed by atoms with E-state index in [4.69, 9.17) is 0 Å². The fourth-order valence-corrected chi connectivity index (χ4v) is 2.18. The molecule has 0 saturated heterocycles. The first-order valence-electron chi connectivity index (χ1n) is 7.22. The maximum absolute atomic E-state index is 4.64. The minimum atomic E-state index is 1.01. The molecule has 0 radical (unpaired) electrons. The van der Waals surface area contributed by atoms with Crippen LogP contribution < -0.4 is 5.32 Å². The van der Waals surface area contributed by atoms with E-state index < -0.39 is 0 Å². The normalized spacial score (nSPS) is 10.9. The molecule has 0 amide bonds. The van der Waals surface area contributed by atoms with Crippen molar-refractivity contribution in [3.05, 3.63) is 22.8 Å². The first kappa shape index (κ1) is 15.1. The molecule has 0 aliphatic rings. The lowest BCUT2D eigenvalue weighted by Crippen LogP contribution is -2.15. The van der Waals surface area contributed by atoms with Gasteiger partial charge in [-0.15, -0.1) is 0 Å². The molecule has 1 N–H and O–H groups in total. The zero-order valence-corrected chi connectivity index (χ0v) is 12.3. The maximum atomic E-state index is 4.64. The van der Waals surface area contributed by atoms with Crippen LogP contribution in [0, 0.1) is 13.8 Å². The largest absolute Gasteiger partial charge is 0.317 e. The molecule has 1 aromatic heterocycles. The third-order valence-corrected chi connectivity index (χ3v) is 3.25. The smallest absolute Gasteiger partial charge is 0.128 e. The number of hydrogen-bond donors (Lipinski definition) is 1. The predicted molar refractivity (Wildman–Crippen MR) is 77.0 cm³/mol. The molecule has 0 fully saturated rings. The second kappa shape index (κ2) is 8.20. The molecule has 0 aromatic carbocycles. The van der Waals surface area contributed by atoms with E-state index in [0.717, 1.165) is 38.2 Å². The minimum Gasteiger partial charge on any atom is -0.317 e. The van der Waals surface area contributed by atoms with Crippen molar-refractivity contribution in [2.75, 3.05) is 13.1 Å². The number of rotatable bonds is 8. The summed E-state index contributed by atoms with van der Waals surface area (Å²) in [5, 5.41) is 3.36. The number of unbranched alkanes of at least 4 members (excludes halogenated alkanes) is 1. The van der Waals surface area contributed by atoms with Crippen LogP contribution in [0.4, 0.5) is 0 Å². The molecule has 18 heavy (non-hydrogen) atoms. The Morgan fingerprint density at radius 1 is 0.944 bits per heavy atom. The van der Waals surface area contributed by atoms with Gasteiger partial charge < -0.3 is 5.32 Å². The van der Waals surface area contributed by atoms with Gasteiger partial charge in [0, 0.05) is 17.8 Å². The Kier molecular flexibility index (Phi) is 6.88. The van der Waals surface area contributed by atoms with E-state index in [0.29, 0.717) is 0 Å². The van der Waals surface area contributed by atoms with Crippen molar-refractivity contribution < 1.29 is 0 Å². The van der Waals surface area contributed by atoms with E-state index in [1.165, 1.54) is 29.8 Å². The van der Waals surface area contributed by atoms with Crippen molar-refractivity contribution in [3.8, 4) is 0 Å². The fraction of sp³-hybridized carbons (Fsp3) is 0.733. The number of hydrogen-bond acceptors (Lipinski definition) is 3. The Morgan fingerprint density at radius 2 is 1.61 bits per heavy atom. The van der Waals surface area contributed by atoms with Gasteiger partial charge in [-0.05, 0) is 51.8 Å². The Labute approximate surface area is 111 Å². The fourth-order valence-electron chi connectivity index (χ4n) is 2.18. The van der Waals surface area contributed by atoms with Crippen molar-refractivity contribution in [3.63, 3.8) is 0 Å². The zero-order valence-electron chi connectivity index (χ0n) is 12.3. The second-order valence-corrected chi connectivity index (χ2v) is 4.85. The molecule has 3 nitrogen and oxygen atoms in total. The summed E-state index contributed by atoms with van der Waals surface area (Å²) in [6, 6.07) is 0. The standard InChI is InChI=1S/C15H27N3/c1-5-7-10-15-17-12(3)14(13(4)18-15)9-8-11-16-6-2/h16H,5-11H2,1-4H3. The predicted octanol–water partition coefficient (Wildman–Crippen LogP) is 2.98. The monoisotopic (exact) mass is 249 g/mol. The van der Waals surface area contributed by atoms with E-state index in [1.54, 1.807) is 0 Å². The van der Waals surface area contributed by atoms with Gasteiger partial charge in [0.05, 0.1) is 0 Å². The first-order valence-corrected chi connectivity index (χ1v) is 7.22. The summed E-state index contributed by atoms with van der Waals surface area (Å²) in [7, 11) is 0. The third kappa shape index (κ3) is 4.73. The zero-order chi connectivity index (χ0) is 13.4. The lowest BCUT2D eigenvalue weighted by Gasteiger charge is -2.11. The molecule has 0 unspecified atom stereocenters. The van der Waals surface area contributed by atoms with E-state index in [1.807, 2.05) is 0 Å². The highest BCUT2D eigenvalue weighted by atomic mass is 14.9. The van der Waals surface area contributed by atoms with Gasteiger partial charge in [-0.1, -0.05) is 20.3 Å². The molecule has 0 atom stereocenters. The van der Waals surface area contributed by atoms with Crippen LogP contribution >= 0.6 is 0 Å². The van der Waals surface area contributed by atoms with Gasteiger partial charge in [0.1, 0.15) is 5.82 Å². The van der Waals surface area contributed by atoms with Gasteiger partial charge in [0.2, 0.25) is 0 Å². The Morgan fingerprint density at radius 3 is 2.17 bits per heavy atom. The highest BCUT2D eigenvalue weighted by Crippen LogP contribution is 2.13. The Balaban J connectivity index is 2.62. The molecule has 102 valence electrons. The van der Waals surface area contributed by atoms with Crippen LogP contribution in [-0.4, -0.2) is 23.1 Å². The first-order chi connectivity index (χ1) is 8.69. The molecular weight excluding hydrogens is 222 g/mol. The van der Waals surface area contributed by atoms with Crippen LogP contribution in [0.5, 0.6) is 0 Å². The van der Waals surface area contributed by atoms with Crippen molar-refractivity contribution in [2.45, 2.75) is 59.8 Å². The van der Waals surface area contributed by atoms with Gasteiger partial charge >= 0.3 is 0 Å². The number of nitrogens with one attached hydrogen (secondary N) is 1. The number of aromatic nitrogens is 2.